The van der Waals surface area contributed by atoms with E-state index in [2.05, 4.69) is 92.0 Å². The monoisotopic (exact) mass is 1400 g/mol. The number of benzene rings is 4. The van der Waals surface area contributed by atoms with Gasteiger partial charge in [-0.25, -0.2) is 19.2 Å². The number of nitrogens with zero attached hydrogens (tertiary/aromatic N) is 18. The SMILES string of the molecule is CC(C)(C)c1nn(-c2nc(Nc3cc(OC=O)cc(OC=O)c3)nc(Nc3cc(OC=O)cc(C(=O)O)c3)n2)c(N)c1N=Nc1nnc(CCc2nnc(N=Nc3c(C(C)(C)C)nn(-c4nc(Nc5cc(OC=O)cc(C(=O)O)c5)nc(Nc5cc(C(=O)O)cc(C(=O)O)c5)n4)c3N)s2)s1. The van der Waals surface area contributed by atoms with Gasteiger partial charge in [0.05, 0.1) is 33.6 Å². The lowest BCUT2D eigenvalue weighted by atomic mass is 9.91. The molecule has 0 aliphatic rings. The zero-order valence-electron chi connectivity index (χ0n) is 52.4. The summed E-state index contributed by atoms with van der Waals surface area (Å²) in [6.45, 7) is 11.5. The maximum atomic E-state index is 12.0. The van der Waals surface area contributed by atoms with Crippen LogP contribution >= 0.6 is 22.7 Å². The molecule has 0 spiro atoms. The van der Waals surface area contributed by atoms with Crippen LogP contribution in [0.2, 0.25) is 0 Å². The molecule has 0 saturated carbocycles. The number of carboxylic acid groups (broad SMARTS) is 4. The molecule has 510 valence electrons. The maximum Gasteiger partial charge on any atom is 0.335 e. The quantitative estimate of drug-likeness (QED) is 0.0155. The molecule has 6 aromatic heterocycles. The topological polar surface area (TPSA) is 569 Å². The molecule has 10 rings (SSSR count). The molecule has 4 aromatic carbocycles. The number of hydrogen-bond donors (Lipinski definition) is 10. The Hall–Kier alpha value is -13.8. The molecule has 40 nitrogen and oxygen atoms in total. The number of carboxylic acids is 4. The highest BCUT2D eigenvalue weighted by Gasteiger charge is 2.31. The molecule has 0 atom stereocenters. The molecule has 100 heavy (non-hydrogen) atoms. The van der Waals surface area contributed by atoms with E-state index in [4.69, 9.17) is 40.6 Å². The Morgan fingerprint density at radius 1 is 0.440 bits per heavy atom. The van der Waals surface area contributed by atoms with Crippen molar-refractivity contribution < 1.29 is 77.7 Å². The van der Waals surface area contributed by atoms with Crippen LogP contribution in [0.1, 0.15) is 104 Å². The van der Waals surface area contributed by atoms with E-state index >= 15 is 0 Å². The Balaban J connectivity index is 0.900. The van der Waals surface area contributed by atoms with Crippen molar-refractivity contribution in [3.05, 3.63) is 116 Å². The predicted octanol–water partition coefficient (Wildman–Crippen LogP) is 8.41. The number of hydrogen-bond acceptors (Lipinski definition) is 36. The van der Waals surface area contributed by atoms with Crippen LogP contribution in [0.25, 0.3) is 11.9 Å². The number of nitrogens with one attached hydrogen (secondary N) is 4. The van der Waals surface area contributed by atoms with Crippen LogP contribution in [0.4, 0.5) is 79.8 Å². The van der Waals surface area contributed by atoms with Crippen molar-refractivity contribution in [2.24, 2.45) is 20.5 Å². The van der Waals surface area contributed by atoms with Crippen LogP contribution in [0.15, 0.2) is 93.3 Å². The van der Waals surface area contributed by atoms with Gasteiger partial charge in [-0.2, -0.15) is 49.5 Å². The van der Waals surface area contributed by atoms with Crippen LogP contribution in [0, 0.1) is 0 Å². The van der Waals surface area contributed by atoms with Gasteiger partial charge in [0.2, 0.25) is 23.8 Å². The number of carbonyl (C=O) groups is 8. The lowest BCUT2D eigenvalue weighted by molar-refractivity contribution is -0.121. The summed E-state index contributed by atoms with van der Waals surface area (Å²) in [5.74, 6) is -7.77. The molecule has 0 saturated heterocycles. The van der Waals surface area contributed by atoms with Gasteiger partial charge in [-0.05, 0) is 42.5 Å². The molecule has 42 heteroatoms. The van der Waals surface area contributed by atoms with Crippen molar-refractivity contribution in [2.75, 3.05) is 32.7 Å². The van der Waals surface area contributed by atoms with Crippen molar-refractivity contribution in [2.45, 2.75) is 65.2 Å². The number of nitrogens with two attached hydrogens (primary N) is 2. The summed E-state index contributed by atoms with van der Waals surface area (Å²) in [5.41, 5.74) is 11.6. The second kappa shape index (κ2) is 29.0. The number of aromatic nitrogens is 14. The number of carbonyl (C=O) groups excluding carboxylic acids is 4. The molecular weight excluding hydrogens is 1350 g/mol. The van der Waals surface area contributed by atoms with E-state index in [-0.39, 0.29) is 163 Å². The lowest BCUT2D eigenvalue weighted by Crippen LogP contribution is -2.15. The third-order valence-electron chi connectivity index (χ3n) is 13.1. The number of aryl methyl sites for hydroxylation is 2. The number of aromatic carboxylic acids is 4. The molecule has 0 fully saturated rings. The van der Waals surface area contributed by atoms with E-state index in [9.17, 15) is 58.8 Å². The minimum absolute atomic E-state index is 0.0171. The Bertz CT molecular complexity index is 4900. The summed E-state index contributed by atoms with van der Waals surface area (Å²) >= 11 is 2.21. The van der Waals surface area contributed by atoms with Crippen LogP contribution in [0.5, 0.6) is 23.0 Å². The zero-order valence-corrected chi connectivity index (χ0v) is 54.0. The number of nitrogen functional groups attached to an aromatic ring is 2. The van der Waals surface area contributed by atoms with Crippen molar-refractivity contribution in [3.63, 3.8) is 0 Å². The molecule has 12 N–H and O–H groups in total. The fourth-order valence-electron chi connectivity index (χ4n) is 8.86. The average molecular weight is 1400 g/mol. The van der Waals surface area contributed by atoms with Crippen LogP contribution in [-0.2, 0) is 42.8 Å². The molecule has 0 amide bonds. The van der Waals surface area contributed by atoms with E-state index in [1.807, 2.05) is 41.5 Å². The first kappa shape index (κ1) is 69.0. The van der Waals surface area contributed by atoms with Gasteiger partial charge in [0.25, 0.3) is 48.0 Å². The molecule has 6 heterocycles. The van der Waals surface area contributed by atoms with Crippen molar-refractivity contribution in [1.82, 2.24) is 69.9 Å². The normalized spacial score (nSPS) is 11.5. The van der Waals surface area contributed by atoms with E-state index in [1.165, 1.54) is 42.5 Å². The molecular formula is C58H50N24O16S2. The zero-order chi connectivity index (χ0) is 71.7. The minimum atomic E-state index is -1.43. The summed E-state index contributed by atoms with van der Waals surface area (Å²) in [6.07, 6.45) is 0.614. The third-order valence-corrected chi connectivity index (χ3v) is 14.9. The van der Waals surface area contributed by atoms with Gasteiger partial charge in [-0.15, -0.1) is 40.9 Å². The molecule has 0 radical (unpaired) electrons. The second-order valence-electron chi connectivity index (χ2n) is 22.5. The largest absolute Gasteiger partial charge is 0.478 e. The molecule has 0 unspecified atom stereocenters. The molecule has 0 bridgehead atoms. The molecule has 0 aliphatic carbocycles. The fourth-order valence-corrected chi connectivity index (χ4v) is 10.2. The van der Waals surface area contributed by atoms with Gasteiger partial charge in [0.1, 0.15) is 33.0 Å². The first-order valence-corrected chi connectivity index (χ1v) is 30.1. The van der Waals surface area contributed by atoms with Gasteiger partial charge in [-0.3, -0.25) is 19.2 Å². The van der Waals surface area contributed by atoms with Crippen molar-refractivity contribution >= 4 is 152 Å². The van der Waals surface area contributed by atoms with E-state index in [0.717, 1.165) is 62.4 Å². The van der Waals surface area contributed by atoms with Gasteiger partial charge >= 0.3 is 23.9 Å². The average Bonchev–Trinajstić information content (AvgIpc) is 1.47. The van der Waals surface area contributed by atoms with Crippen molar-refractivity contribution in [1.29, 1.82) is 0 Å². The summed E-state index contributed by atoms with van der Waals surface area (Å²) in [7, 11) is 0. The summed E-state index contributed by atoms with van der Waals surface area (Å²) < 4.78 is 22.1. The summed E-state index contributed by atoms with van der Waals surface area (Å²) in [4.78, 5) is 120. The predicted molar refractivity (Wildman–Crippen MR) is 349 cm³/mol. The Morgan fingerprint density at radius 2 is 0.740 bits per heavy atom. The van der Waals surface area contributed by atoms with E-state index < -0.39 is 34.7 Å². The molecule has 10 aromatic rings. The lowest BCUT2D eigenvalue weighted by Gasteiger charge is -2.15. The number of azo groups is 2. The maximum absolute atomic E-state index is 12.0. The number of ether oxygens (including phenoxy) is 4. The van der Waals surface area contributed by atoms with Gasteiger partial charge in [-0.1, -0.05) is 64.2 Å². The number of rotatable bonds is 29. The van der Waals surface area contributed by atoms with Gasteiger partial charge in [0.15, 0.2) is 23.0 Å². The van der Waals surface area contributed by atoms with Crippen LogP contribution in [-0.4, -0.2) is 140 Å². The Labute approximate surface area is 567 Å². The Kier molecular flexibility index (Phi) is 20.1. The first-order valence-electron chi connectivity index (χ1n) is 28.5. The van der Waals surface area contributed by atoms with Gasteiger partial charge < -0.3 is 72.1 Å². The summed E-state index contributed by atoms with van der Waals surface area (Å²) in [6, 6.07) is 14.4. The Morgan fingerprint density at radius 3 is 1.05 bits per heavy atom. The van der Waals surface area contributed by atoms with Gasteiger partial charge in [0, 0.05) is 76.8 Å². The second-order valence-corrected chi connectivity index (χ2v) is 24.6. The van der Waals surface area contributed by atoms with E-state index in [0.29, 0.717) is 34.2 Å². The summed E-state index contributed by atoms with van der Waals surface area (Å²) in [5, 5.41) is 95.9. The fraction of sp³-hybridized carbons (Fsp3) is 0.172. The smallest absolute Gasteiger partial charge is 0.335 e. The first-order chi connectivity index (χ1) is 47.6. The van der Waals surface area contributed by atoms with Crippen LogP contribution < -0.4 is 51.7 Å². The van der Waals surface area contributed by atoms with Crippen molar-refractivity contribution in [3.8, 4) is 34.9 Å². The molecule has 0 aliphatic heterocycles. The highest BCUT2D eigenvalue weighted by molar-refractivity contribution is 7.15. The van der Waals surface area contributed by atoms with Crippen LogP contribution in [0.3, 0.4) is 0 Å². The van der Waals surface area contributed by atoms with E-state index in [1.54, 1.807) is 0 Å². The highest BCUT2D eigenvalue weighted by atomic mass is 32.1. The standard InChI is InChI=1S/C58H50N24O16S2/c1-57(2,3)41-39(43(59)81(79-41)53-67-49(61-29-10-25(45(87)88)9-26(11-29)46(89)90)65-50(68-53)62-30-12-27(47(91)92)14-33(16-30)95-21-83)73-77-55-75-71-37(99-55)7-8-38-72-76-56(100-38)78-74-40-42(58(4,5)6)80-82(44(40)60)54-69-51(63-31-13-28(48(93)94)15-34(17-31)96-22-84)66-52(70-54)64-32-18-35(97-23-85)20-36(19-32)98-24-86/h9-24H,7-8,59-60H2,1-6H3,(H,87,88)(H,89,90)(H,91,92)(H,93,94)(H2,61,62,65,67,68)(H2,63,64,66,69,70). The highest BCUT2D eigenvalue weighted by Crippen LogP contribution is 2.41. The third kappa shape index (κ3) is 16.6. The number of anilines is 10. The minimum Gasteiger partial charge on any atom is -0.478 e.